The Morgan fingerprint density at radius 3 is 2.52 bits per heavy atom. The third kappa shape index (κ3) is 4.09. The number of Topliss-reactive ketones (excluding diaryl/α,β-unsaturated/α-hetero) is 1. The van der Waals surface area contributed by atoms with Gasteiger partial charge in [0.05, 0.1) is 11.8 Å². The van der Waals surface area contributed by atoms with Crippen LogP contribution >= 0.6 is 11.6 Å². The summed E-state index contributed by atoms with van der Waals surface area (Å²) in [5.41, 5.74) is 4.10. The fourth-order valence-corrected chi connectivity index (χ4v) is 4.92. The SMILES string of the molecule is O=C1C(=O)N(CCc2ccc(Cl)cc2)C(c2ccco2)/C1=C(/O)c1ccc2c(c1)CCCC2. The van der Waals surface area contributed by atoms with Crippen LogP contribution in [-0.4, -0.2) is 28.2 Å². The lowest BCUT2D eigenvalue weighted by molar-refractivity contribution is -0.140. The number of ketones is 1. The van der Waals surface area contributed by atoms with Gasteiger partial charge in [-0.15, -0.1) is 0 Å². The third-order valence-electron chi connectivity index (χ3n) is 6.53. The molecule has 0 saturated carbocycles. The molecule has 0 radical (unpaired) electrons. The molecule has 1 aliphatic carbocycles. The van der Waals surface area contributed by atoms with Crippen LogP contribution < -0.4 is 0 Å². The van der Waals surface area contributed by atoms with E-state index >= 15 is 0 Å². The molecular weight excluding hydrogens is 438 g/mol. The zero-order valence-electron chi connectivity index (χ0n) is 18.1. The maximum Gasteiger partial charge on any atom is 0.295 e. The lowest BCUT2D eigenvalue weighted by Gasteiger charge is -2.23. The highest BCUT2D eigenvalue weighted by atomic mass is 35.5. The number of hydrogen-bond donors (Lipinski definition) is 1. The minimum atomic E-state index is -0.775. The topological polar surface area (TPSA) is 70.8 Å². The van der Waals surface area contributed by atoms with Gasteiger partial charge in [-0.05, 0) is 79.1 Å². The summed E-state index contributed by atoms with van der Waals surface area (Å²) in [6.07, 6.45) is 6.30. The highest BCUT2D eigenvalue weighted by Crippen LogP contribution is 2.40. The number of aliphatic hydroxyl groups is 1. The molecule has 1 unspecified atom stereocenters. The van der Waals surface area contributed by atoms with E-state index < -0.39 is 17.7 Å². The summed E-state index contributed by atoms with van der Waals surface area (Å²) < 4.78 is 5.61. The molecule has 1 N–H and O–H groups in total. The summed E-state index contributed by atoms with van der Waals surface area (Å²) in [6, 6.07) is 15.9. The molecule has 168 valence electrons. The number of halogens is 1. The van der Waals surface area contributed by atoms with Gasteiger partial charge < -0.3 is 14.4 Å². The molecule has 2 aliphatic rings. The maximum absolute atomic E-state index is 13.1. The van der Waals surface area contributed by atoms with E-state index in [0.29, 0.717) is 29.3 Å². The Balaban J connectivity index is 1.52. The molecule has 0 spiro atoms. The number of fused-ring (bicyclic) bond motifs is 1. The number of nitrogens with zero attached hydrogens (tertiary/aromatic N) is 1. The van der Waals surface area contributed by atoms with E-state index in [-0.39, 0.29) is 11.3 Å². The van der Waals surface area contributed by atoms with Gasteiger partial charge in [-0.3, -0.25) is 9.59 Å². The van der Waals surface area contributed by atoms with Crippen molar-refractivity contribution in [3.05, 3.63) is 99.5 Å². The number of likely N-dealkylation sites (tertiary alicyclic amines) is 1. The number of furan rings is 1. The fraction of sp³-hybridized carbons (Fsp3) is 0.259. The zero-order chi connectivity index (χ0) is 22.9. The summed E-state index contributed by atoms with van der Waals surface area (Å²) in [7, 11) is 0. The lowest BCUT2D eigenvalue weighted by atomic mass is 9.89. The molecule has 1 aliphatic heterocycles. The first-order chi connectivity index (χ1) is 16.0. The van der Waals surface area contributed by atoms with Crippen LogP contribution in [0.5, 0.6) is 0 Å². The first-order valence-corrected chi connectivity index (χ1v) is 11.6. The van der Waals surface area contributed by atoms with Crippen LogP contribution in [0.4, 0.5) is 0 Å². The van der Waals surface area contributed by atoms with Gasteiger partial charge in [-0.1, -0.05) is 35.9 Å². The molecule has 1 amide bonds. The van der Waals surface area contributed by atoms with Gasteiger partial charge in [0.2, 0.25) is 0 Å². The smallest absolute Gasteiger partial charge is 0.295 e. The Bertz CT molecular complexity index is 1230. The van der Waals surface area contributed by atoms with Crippen LogP contribution in [0.3, 0.4) is 0 Å². The van der Waals surface area contributed by atoms with Crippen molar-refractivity contribution in [2.24, 2.45) is 0 Å². The van der Waals surface area contributed by atoms with Crippen LogP contribution in [0.2, 0.25) is 5.02 Å². The number of rotatable bonds is 5. The molecule has 1 aromatic heterocycles. The molecule has 33 heavy (non-hydrogen) atoms. The van der Waals surface area contributed by atoms with Crippen LogP contribution in [0.1, 0.15) is 46.9 Å². The molecule has 5 rings (SSSR count). The lowest BCUT2D eigenvalue weighted by Crippen LogP contribution is -2.31. The van der Waals surface area contributed by atoms with Gasteiger partial charge in [-0.25, -0.2) is 0 Å². The molecular formula is C27H24ClNO4. The van der Waals surface area contributed by atoms with Crippen molar-refractivity contribution in [3.8, 4) is 0 Å². The molecule has 6 heteroatoms. The van der Waals surface area contributed by atoms with E-state index in [1.807, 2.05) is 30.3 Å². The van der Waals surface area contributed by atoms with Crippen molar-refractivity contribution in [1.29, 1.82) is 0 Å². The van der Waals surface area contributed by atoms with Crippen molar-refractivity contribution < 1.29 is 19.1 Å². The van der Waals surface area contributed by atoms with Crippen molar-refractivity contribution in [2.45, 2.75) is 38.1 Å². The summed E-state index contributed by atoms with van der Waals surface area (Å²) in [5, 5.41) is 11.9. The van der Waals surface area contributed by atoms with Gasteiger partial charge >= 0.3 is 0 Å². The Morgan fingerprint density at radius 1 is 1.03 bits per heavy atom. The van der Waals surface area contributed by atoms with E-state index in [0.717, 1.165) is 31.2 Å². The molecule has 5 nitrogen and oxygen atoms in total. The highest BCUT2D eigenvalue weighted by molar-refractivity contribution is 6.46. The van der Waals surface area contributed by atoms with Gasteiger partial charge in [0.1, 0.15) is 17.6 Å². The second-order valence-corrected chi connectivity index (χ2v) is 9.01. The molecule has 0 bridgehead atoms. The summed E-state index contributed by atoms with van der Waals surface area (Å²) in [4.78, 5) is 27.6. The maximum atomic E-state index is 13.1. The highest BCUT2D eigenvalue weighted by Gasteiger charge is 2.47. The predicted octanol–water partition coefficient (Wildman–Crippen LogP) is 5.48. The predicted molar refractivity (Wildman–Crippen MR) is 126 cm³/mol. The van der Waals surface area contributed by atoms with E-state index in [4.69, 9.17) is 16.0 Å². The van der Waals surface area contributed by atoms with E-state index in [2.05, 4.69) is 0 Å². The van der Waals surface area contributed by atoms with Gasteiger partial charge in [0.15, 0.2) is 0 Å². The summed E-state index contributed by atoms with van der Waals surface area (Å²) >= 11 is 5.97. The van der Waals surface area contributed by atoms with E-state index in [1.54, 1.807) is 24.3 Å². The van der Waals surface area contributed by atoms with Gasteiger partial charge in [0, 0.05) is 17.1 Å². The van der Waals surface area contributed by atoms with Gasteiger partial charge in [0.25, 0.3) is 11.7 Å². The summed E-state index contributed by atoms with van der Waals surface area (Å²) in [5.74, 6) is -1.03. The second-order valence-electron chi connectivity index (χ2n) is 8.57. The van der Waals surface area contributed by atoms with Crippen LogP contribution in [0.15, 0.2) is 70.9 Å². The molecule has 3 aromatic rings. The van der Waals surface area contributed by atoms with Crippen LogP contribution in [0.25, 0.3) is 5.76 Å². The largest absolute Gasteiger partial charge is 0.507 e. The van der Waals surface area contributed by atoms with Crippen molar-refractivity contribution in [1.82, 2.24) is 4.90 Å². The number of carbonyl (C=O) groups is 2. The summed E-state index contributed by atoms with van der Waals surface area (Å²) in [6.45, 7) is 0.304. The number of carbonyl (C=O) groups excluding carboxylic acids is 2. The third-order valence-corrected chi connectivity index (χ3v) is 6.78. The number of aryl methyl sites for hydroxylation is 2. The average molecular weight is 462 g/mol. The number of hydrogen-bond acceptors (Lipinski definition) is 4. The average Bonchev–Trinajstić information content (AvgIpc) is 3.45. The number of benzene rings is 2. The fourth-order valence-electron chi connectivity index (χ4n) is 4.79. The Labute approximate surface area is 197 Å². The van der Waals surface area contributed by atoms with E-state index in [9.17, 15) is 14.7 Å². The monoisotopic (exact) mass is 461 g/mol. The number of aliphatic hydroxyl groups excluding tert-OH is 1. The first kappa shape index (κ1) is 21.5. The Hall–Kier alpha value is -3.31. The number of amides is 1. The van der Waals surface area contributed by atoms with Gasteiger partial charge in [-0.2, -0.15) is 0 Å². The first-order valence-electron chi connectivity index (χ1n) is 11.2. The molecule has 1 fully saturated rings. The normalized spacial score (nSPS) is 19.7. The standard InChI is InChI=1S/C27H24ClNO4/c28-21-11-7-17(8-12-21)13-14-29-24(22-6-3-15-33-22)23(26(31)27(29)32)25(30)20-10-9-18-4-1-2-5-19(18)16-20/h3,6-12,15-16,24,30H,1-2,4-5,13-14H2/b25-23-. The van der Waals surface area contributed by atoms with E-state index in [1.165, 1.54) is 22.3 Å². The minimum Gasteiger partial charge on any atom is -0.507 e. The van der Waals surface area contributed by atoms with Crippen molar-refractivity contribution >= 4 is 29.1 Å². The Morgan fingerprint density at radius 2 is 1.79 bits per heavy atom. The van der Waals surface area contributed by atoms with Crippen molar-refractivity contribution in [2.75, 3.05) is 6.54 Å². The van der Waals surface area contributed by atoms with Crippen LogP contribution in [-0.2, 0) is 28.9 Å². The Kier molecular flexibility index (Phi) is 5.81. The van der Waals surface area contributed by atoms with Crippen LogP contribution in [0, 0.1) is 0 Å². The molecule has 2 aromatic carbocycles. The molecule has 2 heterocycles. The van der Waals surface area contributed by atoms with Crippen molar-refractivity contribution in [3.63, 3.8) is 0 Å². The molecule has 1 atom stereocenters. The minimum absolute atomic E-state index is 0.0711. The molecule has 1 saturated heterocycles. The zero-order valence-corrected chi connectivity index (χ0v) is 18.8. The second kappa shape index (κ2) is 8.91. The quantitative estimate of drug-likeness (QED) is 0.310.